The molecular formula is C31H40O15. The van der Waals surface area contributed by atoms with E-state index < -0.39 is 74.4 Å². The van der Waals surface area contributed by atoms with E-state index in [9.17, 15) is 40.5 Å². The lowest BCUT2D eigenvalue weighted by Crippen LogP contribution is -2.62. The summed E-state index contributed by atoms with van der Waals surface area (Å²) >= 11 is 0. The first-order chi connectivity index (χ1) is 22.0. The van der Waals surface area contributed by atoms with Gasteiger partial charge in [-0.15, -0.1) is 0 Å². The molecule has 2 aromatic carbocycles. The van der Waals surface area contributed by atoms with Crippen LogP contribution in [0.3, 0.4) is 0 Å². The van der Waals surface area contributed by atoms with Crippen LogP contribution < -0.4 is 14.2 Å². The number of aliphatic hydroxyl groups is 6. The van der Waals surface area contributed by atoms with Crippen LogP contribution in [0.4, 0.5) is 0 Å². The topological polar surface area (TPSA) is 223 Å². The third-order valence-electron chi connectivity index (χ3n) is 8.68. The van der Waals surface area contributed by atoms with E-state index in [1.807, 2.05) is 0 Å². The fraction of sp³-hybridized carbons (Fsp3) is 0.581. The Kier molecular flexibility index (Phi) is 10.6. The summed E-state index contributed by atoms with van der Waals surface area (Å²) in [6.07, 6.45) is -9.83. The molecule has 10 atom stereocenters. The Morgan fingerprint density at radius 3 is 2.28 bits per heavy atom. The highest BCUT2D eigenvalue weighted by atomic mass is 16.8. The number of hydrogen-bond acceptors (Lipinski definition) is 15. The van der Waals surface area contributed by atoms with Crippen molar-refractivity contribution in [2.45, 2.75) is 61.5 Å². The molecular weight excluding hydrogens is 612 g/mol. The van der Waals surface area contributed by atoms with E-state index in [2.05, 4.69) is 0 Å². The number of cyclic esters (lactones) is 1. The summed E-state index contributed by atoms with van der Waals surface area (Å²) < 4.78 is 38.9. The Morgan fingerprint density at radius 2 is 1.61 bits per heavy atom. The maximum Gasteiger partial charge on any atom is 0.309 e. The number of hydrogen-bond donors (Lipinski definition) is 7. The van der Waals surface area contributed by atoms with Crippen molar-refractivity contribution < 1.29 is 73.7 Å². The van der Waals surface area contributed by atoms with Gasteiger partial charge in [-0.25, -0.2) is 0 Å². The standard InChI is InChI=1S/C31H40O15/c1-40-21-9-16(3-5-19(21)34)8-18-17(12-42-28(18)38)7-15-4-6-20(22(10-15)41-2)44-29-26(25(36)24(35)23(11-32)45-29)46-30-27(37)31(39,13-33)14-43-30/h3-6,9-10,17-18,23-27,29-30,32-37,39H,7-8,11-14H2,1-2H3. The fourth-order valence-electron chi connectivity index (χ4n) is 5.88. The van der Waals surface area contributed by atoms with Gasteiger partial charge in [0.1, 0.15) is 30.0 Å². The smallest absolute Gasteiger partial charge is 0.309 e. The minimum Gasteiger partial charge on any atom is -0.504 e. The van der Waals surface area contributed by atoms with Crippen LogP contribution in [-0.4, -0.2) is 131 Å². The predicted molar refractivity (Wildman–Crippen MR) is 154 cm³/mol. The number of rotatable bonds is 12. The molecule has 0 saturated carbocycles. The van der Waals surface area contributed by atoms with E-state index in [0.717, 1.165) is 11.1 Å². The van der Waals surface area contributed by atoms with E-state index in [1.54, 1.807) is 30.3 Å². The molecule has 15 nitrogen and oxygen atoms in total. The molecule has 7 N–H and O–H groups in total. The van der Waals surface area contributed by atoms with Crippen molar-refractivity contribution in [3.8, 4) is 23.0 Å². The van der Waals surface area contributed by atoms with Gasteiger partial charge in [0, 0.05) is 5.92 Å². The maximum atomic E-state index is 12.6. The number of aliphatic hydroxyl groups excluding tert-OH is 5. The second-order valence-electron chi connectivity index (χ2n) is 11.7. The van der Waals surface area contributed by atoms with Gasteiger partial charge in [0.15, 0.2) is 35.4 Å². The molecule has 46 heavy (non-hydrogen) atoms. The van der Waals surface area contributed by atoms with Crippen molar-refractivity contribution in [1.29, 1.82) is 0 Å². The van der Waals surface area contributed by atoms with Crippen molar-refractivity contribution in [2.75, 3.05) is 40.6 Å². The van der Waals surface area contributed by atoms with E-state index in [4.69, 9.17) is 33.2 Å². The summed E-state index contributed by atoms with van der Waals surface area (Å²) in [4.78, 5) is 12.6. The largest absolute Gasteiger partial charge is 0.504 e. The molecule has 3 heterocycles. The Bertz CT molecular complexity index is 1360. The lowest BCUT2D eigenvalue weighted by Gasteiger charge is -2.42. The highest BCUT2D eigenvalue weighted by Gasteiger charge is 2.53. The molecule has 10 unspecified atom stereocenters. The summed E-state index contributed by atoms with van der Waals surface area (Å²) in [5.74, 6) is -0.211. The molecule has 0 spiro atoms. The van der Waals surface area contributed by atoms with Gasteiger partial charge < -0.3 is 68.9 Å². The number of methoxy groups -OCH3 is 2. The number of esters is 1. The highest BCUT2D eigenvalue weighted by Crippen LogP contribution is 2.37. The molecule has 2 aromatic rings. The average molecular weight is 653 g/mol. The number of phenolic OH excluding ortho intramolecular Hbond substituents is 1. The number of aromatic hydroxyl groups is 1. The van der Waals surface area contributed by atoms with E-state index in [1.165, 1.54) is 20.3 Å². The molecule has 15 heteroatoms. The number of phenols is 1. The van der Waals surface area contributed by atoms with Crippen molar-refractivity contribution in [1.82, 2.24) is 0 Å². The molecule has 0 radical (unpaired) electrons. The third-order valence-corrected chi connectivity index (χ3v) is 8.68. The minimum absolute atomic E-state index is 0.00127. The molecule has 0 aliphatic carbocycles. The van der Waals surface area contributed by atoms with Crippen LogP contribution in [0, 0.1) is 11.8 Å². The van der Waals surface area contributed by atoms with Gasteiger partial charge in [0.2, 0.25) is 6.29 Å². The first kappa shape index (κ1) is 34.1. The van der Waals surface area contributed by atoms with Crippen LogP contribution in [0.2, 0.25) is 0 Å². The quantitative estimate of drug-likeness (QED) is 0.131. The summed E-state index contributed by atoms with van der Waals surface area (Å²) in [5.41, 5.74) is -0.399. The van der Waals surface area contributed by atoms with Crippen molar-refractivity contribution in [3.05, 3.63) is 47.5 Å². The van der Waals surface area contributed by atoms with E-state index in [0.29, 0.717) is 18.6 Å². The van der Waals surface area contributed by atoms with Gasteiger partial charge in [-0.05, 0) is 48.2 Å². The molecule has 3 fully saturated rings. The average Bonchev–Trinajstić information content (AvgIpc) is 3.55. The third kappa shape index (κ3) is 6.88. The Morgan fingerprint density at radius 1 is 0.913 bits per heavy atom. The number of carbonyl (C=O) groups excluding carboxylic acids is 1. The van der Waals surface area contributed by atoms with Crippen molar-refractivity contribution in [3.63, 3.8) is 0 Å². The molecule has 3 saturated heterocycles. The molecule has 3 aliphatic heterocycles. The normalized spacial score (nSPS) is 34.3. The van der Waals surface area contributed by atoms with Crippen LogP contribution in [0.25, 0.3) is 0 Å². The van der Waals surface area contributed by atoms with E-state index >= 15 is 0 Å². The summed E-state index contributed by atoms with van der Waals surface area (Å²) in [5, 5.41) is 71.2. The molecule has 5 rings (SSSR count). The second-order valence-corrected chi connectivity index (χ2v) is 11.7. The number of carbonyl (C=O) groups is 1. The predicted octanol–water partition coefficient (Wildman–Crippen LogP) is -1.37. The van der Waals surface area contributed by atoms with Gasteiger partial charge in [-0.2, -0.15) is 0 Å². The summed E-state index contributed by atoms with van der Waals surface area (Å²) in [6.45, 7) is -1.71. The van der Waals surface area contributed by atoms with Gasteiger partial charge in [0.25, 0.3) is 0 Å². The first-order valence-electron chi connectivity index (χ1n) is 14.8. The van der Waals surface area contributed by atoms with Gasteiger partial charge in [-0.3, -0.25) is 4.79 Å². The van der Waals surface area contributed by atoms with Gasteiger partial charge >= 0.3 is 5.97 Å². The Hall–Kier alpha value is -3.25. The number of benzene rings is 2. The molecule has 0 aromatic heterocycles. The fourth-order valence-corrected chi connectivity index (χ4v) is 5.88. The van der Waals surface area contributed by atoms with Crippen molar-refractivity contribution in [2.24, 2.45) is 11.8 Å². The summed E-state index contributed by atoms with van der Waals surface area (Å²) in [7, 11) is 2.86. The first-order valence-corrected chi connectivity index (χ1v) is 14.8. The molecule has 3 aliphatic rings. The maximum absolute atomic E-state index is 12.6. The zero-order valence-electron chi connectivity index (χ0n) is 25.3. The highest BCUT2D eigenvalue weighted by molar-refractivity contribution is 5.75. The van der Waals surface area contributed by atoms with Gasteiger partial charge in [0.05, 0.1) is 46.6 Å². The number of ether oxygens (including phenoxy) is 7. The minimum atomic E-state index is -2.00. The van der Waals surface area contributed by atoms with Crippen LogP contribution in [-0.2, 0) is 36.6 Å². The SMILES string of the molecule is COc1cc(CC2C(=O)OCC2Cc2ccc(OC3OC(CO)C(O)C(O)C3OC3OCC(O)(CO)C3O)c(OC)c2)ccc1O. The Balaban J connectivity index is 1.32. The monoisotopic (exact) mass is 652 g/mol. The zero-order valence-corrected chi connectivity index (χ0v) is 25.3. The second kappa shape index (κ2) is 14.3. The molecule has 0 bridgehead atoms. The van der Waals surface area contributed by atoms with Crippen LogP contribution >= 0.6 is 0 Å². The van der Waals surface area contributed by atoms with Crippen LogP contribution in [0.1, 0.15) is 11.1 Å². The Labute approximate surface area is 264 Å². The lowest BCUT2D eigenvalue weighted by atomic mass is 9.85. The lowest BCUT2D eigenvalue weighted by molar-refractivity contribution is -0.319. The van der Waals surface area contributed by atoms with Gasteiger partial charge in [-0.1, -0.05) is 12.1 Å². The zero-order chi connectivity index (χ0) is 33.2. The molecule has 254 valence electrons. The van der Waals surface area contributed by atoms with E-state index in [-0.39, 0.29) is 35.7 Å². The summed E-state index contributed by atoms with van der Waals surface area (Å²) in [6, 6.07) is 9.96. The van der Waals surface area contributed by atoms with Crippen molar-refractivity contribution >= 4 is 5.97 Å². The van der Waals surface area contributed by atoms with Crippen LogP contribution in [0.15, 0.2) is 36.4 Å². The van der Waals surface area contributed by atoms with Crippen LogP contribution in [0.5, 0.6) is 23.0 Å². The molecule has 0 amide bonds.